The predicted molar refractivity (Wildman–Crippen MR) is 59.0 cm³/mol. The average Bonchev–Trinajstić information content (AvgIpc) is 2.11. The molecule has 0 aromatic carbocycles. The molecule has 0 spiro atoms. The van der Waals surface area contributed by atoms with Gasteiger partial charge in [-0.25, -0.2) is 0 Å². The maximum absolute atomic E-state index is 9.28. The molecule has 1 heterocycles. The molecule has 1 saturated heterocycles. The van der Waals surface area contributed by atoms with Crippen LogP contribution < -0.4 is 5.73 Å². The van der Waals surface area contributed by atoms with Crippen LogP contribution in [0.15, 0.2) is 0 Å². The van der Waals surface area contributed by atoms with Crippen molar-refractivity contribution in [1.29, 1.82) is 0 Å². The van der Waals surface area contributed by atoms with Crippen molar-refractivity contribution >= 4 is 0 Å². The van der Waals surface area contributed by atoms with Crippen molar-refractivity contribution in [3.63, 3.8) is 0 Å². The summed E-state index contributed by atoms with van der Waals surface area (Å²) in [5.74, 6) is 1.52. The molecule has 0 saturated carbocycles. The summed E-state index contributed by atoms with van der Waals surface area (Å²) >= 11 is 0. The normalized spacial score (nSPS) is 34.1. The van der Waals surface area contributed by atoms with E-state index in [0.717, 1.165) is 24.9 Å². The van der Waals surface area contributed by atoms with E-state index < -0.39 is 0 Å². The average molecular weight is 200 g/mol. The van der Waals surface area contributed by atoms with Gasteiger partial charge >= 0.3 is 0 Å². The minimum atomic E-state index is 0.0561. The van der Waals surface area contributed by atoms with Gasteiger partial charge in [-0.1, -0.05) is 13.8 Å². The second-order valence-corrected chi connectivity index (χ2v) is 4.85. The third-order valence-electron chi connectivity index (χ3n) is 3.63. The first-order valence-corrected chi connectivity index (χ1v) is 5.66. The van der Waals surface area contributed by atoms with Crippen molar-refractivity contribution in [3.8, 4) is 0 Å². The molecule has 4 unspecified atom stereocenters. The summed E-state index contributed by atoms with van der Waals surface area (Å²) in [6, 6.07) is 0.200. The predicted octanol–water partition coefficient (Wildman–Crippen LogP) is 0.672. The summed E-state index contributed by atoms with van der Waals surface area (Å²) < 4.78 is 0. The molecule has 4 atom stereocenters. The fourth-order valence-electron chi connectivity index (χ4n) is 2.21. The summed E-state index contributed by atoms with van der Waals surface area (Å²) in [6.07, 6.45) is 1.23. The van der Waals surface area contributed by atoms with E-state index in [-0.39, 0.29) is 18.7 Å². The van der Waals surface area contributed by atoms with Crippen molar-refractivity contribution in [2.45, 2.75) is 39.3 Å². The summed E-state index contributed by atoms with van der Waals surface area (Å²) in [6.45, 7) is 8.91. The minimum absolute atomic E-state index is 0.0561. The Morgan fingerprint density at radius 3 is 2.50 bits per heavy atom. The standard InChI is InChI=1S/C11H24N2O/c1-8-4-5-13(6-9(8)2)11(7-14)10(3)12/h8-11,14H,4-7,12H2,1-3H3. The van der Waals surface area contributed by atoms with Crippen LogP contribution in [0.2, 0.25) is 0 Å². The number of nitrogens with two attached hydrogens (primary N) is 1. The molecule has 1 aliphatic rings. The van der Waals surface area contributed by atoms with Gasteiger partial charge in [-0.3, -0.25) is 4.90 Å². The maximum atomic E-state index is 9.28. The lowest BCUT2D eigenvalue weighted by molar-refractivity contribution is 0.0524. The molecule has 0 amide bonds. The lowest BCUT2D eigenvalue weighted by atomic mass is 9.87. The molecule has 1 aliphatic heterocycles. The number of aliphatic hydroxyl groups excluding tert-OH is 1. The lowest BCUT2D eigenvalue weighted by Gasteiger charge is -2.40. The van der Waals surface area contributed by atoms with Gasteiger partial charge in [0.15, 0.2) is 0 Å². The largest absolute Gasteiger partial charge is 0.395 e. The van der Waals surface area contributed by atoms with E-state index >= 15 is 0 Å². The van der Waals surface area contributed by atoms with Crippen LogP contribution in [0, 0.1) is 11.8 Å². The zero-order valence-electron chi connectivity index (χ0n) is 9.61. The molecule has 0 aliphatic carbocycles. The summed E-state index contributed by atoms with van der Waals surface area (Å²) in [5.41, 5.74) is 5.86. The maximum Gasteiger partial charge on any atom is 0.0601 e. The second kappa shape index (κ2) is 5.10. The van der Waals surface area contributed by atoms with Gasteiger partial charge < -0.3 is 10.8 Å². The van der Waals surface area contributed by atoms with E-state index in [2.05, 4.69) is 18.7 Å². The van der Waals surface area contributed by atoms with Crippen molar-refractivity contribution in [2.24, 2.45) is 17.6 Å². The topological polar surface area (TPSA) is 49.5 Å². The highest BCUT2D eigenvalue weighted by molar-refractivity contribution is 4.84. The Labute approximate surface area is 87.3 Å². The van der Waals surface area contributed by atoms with Gasteiger partial charge in [0.25, 0.3) is 0 Å². The molecule has 1 fully saturated rings. The molecule has 3 nitrogen and oxygen atoms in total. The van der Waals surface area contributed by atoms with E-state index in [1.54, 1.807) is 0 Å². The summed E-state index contributed by atoms with van der Waals surface area (Å²) in [5, 5.41) is 9.28. The second-order valence-electron chi connectivity index (χ2n) is 4.85. The number of likely N-dealkylation sites (tertiary alicyclic amines) is 1. The number of hydrogen-bond acceptors (Lipinski definition) is 3. The van der Waals surface area contributed by atoms with Crippen LogP contribution in [0.1, 0.15) is 27.2 Å². The Kier molecular flexibility index (Phi) is 4.35. The van der Waals surface area contributed by atoms with Gasteiger partial charge in [0.05, 0.1) is 6.61 Å². The van der Waals surface area contributed by atoms with Crippen molar-refractivity contribution in [1.82, 2.24) is 4.90 Å². The molecule has 0 radical (unpaired) electrons. The molecular weight excluding hydrogens is 176 g/mol. The van der Waals surface area contributed by atoms with Crippen molar-refractivity contribution < 1.29 is 5.11 Å². The quantitative estimate of drug-likeness (QED) is 0.704. The highest BCUT2D eigenvalue weighted by Gasteiger charge is 2.28. The summed E-state index contributed by atoms with van der Waals surface area (Å²) in [7, 11) is 0. The third kappa shape index (κ3) is 2.69. The van der Waals surface area contributed by atoms with Gasteiger partial charge in [0.2, 0.25) is 0 Å². The van der Waals surface area contributed by atoms with Gasteiger partial charge in [0.1, 0.15) is 0 Å². The van der Waals surface area contributed by atoms with Crippen LogP contribution >= 0.6 is 0 Å². The van der Waals surface area contributed by atoms with Crippen molar-refractivity contribution in [2.75, 3.05) is 19.7 Å². The monoisotopic (exact) mass is 200 g/mol. The van der Waals surface area contributed by atoms with Crippen LogP contribution in [0.5, 0.6) is 0 Å². The Hall–Kier alpha value is -0.120. The SMILES string of the molecule is CC(N)C(CO)N1CCC(C)C(C)C1. The Balaban J connectivity index is 2.52. The van der Waals surface area contributed by atoms with E-state index in [4.69, 9.17) is 5.73 Å². The zero-order chi connectivity index (χ0) is 10.7. The molecule has 3 heteroatoms. The molecule has 0 bridgehead atoms. The van der Waals surface area contributed by atoms with Gasteiger partial charge in [0, 0.05) is 18.6 Å². The molecule has 0 aromatic rings. The van der Waals surface area contributed by atoms with Crippen LogP contribution in [0.4, 0.5) is 0 Å². The van der Waals surface area contributed by atoms with E-state index in [1.165, 1.54) is 6.42 Å². The van der Waals surface area contributed by atoms with Crippen molar-refractivity contribution in [3.05, 3.63) is 0 Å². The van der Waals surface area contributed by atoms with E-state index in [1.807, 2.05) is 6.92 Å². The molecular formula is C11H24N2O. The van der Waals surface area contributed by atoms with Gasteiger partial charge in [-0.2, -0.15) is 0 Å². The fourth-order valence-corrected chi connectivity index (χ4v) is 2.21. The number of piperidine rings is 1. The molecule has 0 aromatic heterocycles. The minimum Gasteiger partial charge on any atom is -0.395 e. The smallest absolute Gasteiger partial charge is 0.0601 e. The van der Waals surface area contributed by atoms with Gasteiger partial charge in [-0.15, -0.1) is 0 Å². The third-order valence-corrected chi connectivity index (χ3v) is 3.63. The number of rotatable bonds is 3. The van der Waals surface area contributed by atoms with E-state index in [0.29, 0.717) is 0 Å². The fraction of sp³-hybridized carbons (Fsp3) is 1.00. The molecule has 84 valence electrons. The highest BCUT2D eigenvalue weighted by Crippen LogP contribution is 2.24. The first-order valence-electron chi connectivity index (χ1n) is 5.66. The Morgan fingerprint density at radius 1 is 1.43 bits per heavy atom. The van der Waals surface area contributed by atoms with Crippen LogP contribution in [0.3, 0.4) is 0 Å². The number of nitrogens with zero attached hydrogens (tertiary/aromatic N) is 1. The Bertz CT molecular complexity index is 173. The first-order chi connectivity index (χ1) is 6.56. The molecule has 1 rings (SSSR count). The van der Waals surface area contributed by atoms with Crippen LogP contribution in [-0.4, -0.2) is 41.8 Å². The lowest BCUT2D eigenvalue weighted by Crippen LogP contribution is -2.53. The zero-order valence-corrected chi connectivity index (χ0v) is 9.61. The van der Waals surface area contributed by atoms with Gasteiger partial charge in [-0.05, 0) is 31.7 Å². The summed E-state index contributed by atoms with van der Waals surface area (Å²) in [4.78, 5) is 2.34. The van der Waals surface area contributed by atoms with Crippen LogP contribution in [-0.2, 0) is 0 Å². The molecule has 3 N–H and O–H groups in total. The Morgan fingerprint density at radius 2 is 2.07 bits per heavy atom. The number of aliphatic hydroxyl groups is 1. The number of hydrogen-bond donors (Lipinski definition) is 2. The van der Waals surface area contributed by atoms with E-state index in [9.17, 15) is 5.11 Å². The van der Waals surface area contributed by atoms with Crippen LogP contribution in [0.25, 0.3) is 0 Å². The highest BCUT2D eigenvalue weighted by atomic mass is 16.3. The molecule has 14 heavy (non-hydrogen) atoms. The first kappa shape index (κ1) is 12.0.